The molecule has 0 radical (unpaired) electrons. The molecular formula is C8H7N3O2. The lowest BCUT2D eigenvalue weighted by atomic mass is 10.3. The molecule has 0 amide bonds. The smallest absolute Gasteiger partial charge is 0.305 e. The molecule has 0 unspecified atom stereocenters. The monoisotopic (exact) mass is 177 g/mol. The van der Waals surface area contributed by atoms with Gasteiger partial charge in [-0.25, -0.2) is 4.79 Å². The van der Waals surface area contributed by atoms with E-state index in [2.05, 4.69) is 9.97 Å². The van der Waals surface area contributed by atoms with E-state index in [1.807, 2.05) is 0 Å². The van der Waals surface area contributed by atoms with E-state index in [1.54, 1.807) is 6.07 Å². The van der Waals surface area contributed by atoms with E-state index < -0.39 is 5.69 Å². The Labute approximate surface area is 72.7 Å². The molecule has 0 bridgehead atoms. The van der Waals surface area contributed by atoms with Gasteiger partial charge in [-0.1, -0.05) is 0 Å². The zero-order chi connectivity index (χ0) is 9.42. The molecule has 2 aromatic heterocycles. The summed E-state index contributed by atoms with van der Waals surface area (Å²) in [6.45, 7) is 0. The van der Waals surface area contributed by atoms with Crippen LogP contribution in [0.5, 0.6) is 0 Å². The zero-order valence-electron chi connectivity index (χ0n) is 6.94. The lowest BCUT2D eigenvalue weighted by molar-refractivity contribution is 0.793. The van der Waals surface area contributed by atoms with Gasteiger partial charge in [0.05, 0.1) is 17.1 Å². The molecule has 13 heavy (non-hydrogen) atoms. The SMILES string of the molecule is Cn1c(=O)[nH]c2cnccc2c1=O. The minimum Gasteiger partial charge on any atom is -0.305 e. The van der Waals surface area contributed by atoms with E-state index in [0.29, 0.717) is 10.9 Å². The largest absolute Gasteiger partial charge is 0.328 e. The Morgan fingerprint density at radius 1 is 1.46 bits per heavy atom. The summed E-state index contributed by atoms with van der Waals surface area (Å²) >= 11 is 0. The van der Waals surface area contributed by atoms with Gasteiger partial charge in [-0.2, -0.15) is 0 Å². The maximum absolute atomic E-state index is 11.5. The van der Waals surface area contributed by atoms with Crippen LogP contribution in [0.25, 0.3) is 10.9 Å². The van der Waals surface area contributed by atoms with Gasteiger partial charge in [0.2, 0.25) is 0 Å². The van der Waals surface area contributed by atoms with Gasteiger partial charge in [0.15, 0.2) is 0 Å². The van der Waals surface area contributed by atoms with Crippen LogP contribution in [0, 0.1) is 0 Å². The molecule has 5 heteroatoms. The minimum atomic E-state index is -0.425. The number of hydrogen-bond donors (Lipinski definition) is 1. The van der Waals surface area contributed by atoms with Crippen molar-refractivity contribution in [1.82, 2.24) is 14.5 Å². The van der Waals surface area contributed by atoms with Gasteiger partial charge in [0.25, 0.3) is 5.56 Å². The minimum absolute atomic E-state index is 0.304. The number of rotatable bonds is 0. The average Bonchev–Trinajstić information content (AvgIpc) is 2.15. The molecule has 0 aliphatic rings. The predicted octanol–water partition coefficient (Wildman–Crippen LogP) is -0.378. The van der Waals surface area contributed by atoms with Crippen LogP contribution in [-0.2, 0) is 7.05 Å². The first kappa shape index (κ1) is 7.72. The Balaban J connectivity index is 3.12. The summed E-state index contributed by atoms with van der Waals surface area (Å²) < 4.78 is 1.03. The van der Waals surface area contributed by atoms with Gasteiger partial charge in [-0.05, 0) is 6.07 Å². The Hall–Kier alpha value is -1.91. The molecule has 1 N–H and O–H groups in total. The molecule has 2 heterocycles. The molecule has 2 rings (SSSR count). The third kappa shape index (κ3) is 1.05. The van der Waals surface area contributed by atoms with Crippen molar-refractivity contribution >= 4 is 10.9 Å². The van der Waals surface area contributed by atoms with Crippen molar-refractivity contribution in [1.29, 1.82) is 0 Å². The van der Waals surface area contributed by atoms with E-state index in [-0.39, 0.29) is 5.56 Å². The van der Waals surface area contributed by atoms with E-state index in [4.69, 9.17) is 0 Å². The van der Waals surface area contributed by atoms with Crippen molar-refractivity contribution in [2.45, 2.75) is 0 Å². The van der Waals surface area contributed by atoms with Crippen molar-refractivity contribution in [3.05, 3.63) is 39.3 Å². The van der Waals surface area contributed by atoms with Gasteiger partial charge in [0, 0.05) is 13.2 Å². The van der Waals surface area contributed by atoms with Crippen LogP contribution < -0.4 is 11.2 Å². The molecule has 0 aliphatic carbocycles. The first-order chi connectivity index (χ1) is 6.20. The number of hydrogen-bond acceptors (Lipinski definition) is 3. The quantitative estimate of drug-likeness (QED) is 0.596. The lowest BCUT2D eigenvalue weighted by Crippen LogP contribution is -2.32. The van der Waals surface area contributed by atoms with E-state index in [0.717, 1.165) is 4.57 Å². The standard InChI is InChI=1S/C8H7N3O2/c1-11-7(12)5-2-3-9-4-6(5)10-8(11)13/h2-4H,1H3,(H,10,13). The highest BCUT2D eigenvalue weighted by atomic mass is 16.2. The van der Waals surface area contributed by atoms with Crippen LogP contribution in [0.3, 0.4) is 0 Å². The second kappa shape index (κ2) is 2.55. The molecule has 0 saturated heterocycles. The molecule has 0 saturated carbocycles. The van der Waals surface area contributed by atoms with Crippen LogP contribution in [0.4, 0.5) is 0 Å². The molecule has 0 fully saturated rings. The molecule has 0 atom stereocenters. The third-order valence-electron chi connectivity index (χ3n) is 1.90. The predicted molar refractivity (Wildman–Crippen MR) is 47.6 cm³/mol. The lowest BCUT2D eigenvalue weighted by Gasteiger charge is -1.98. The Morgan fingerprint density at radius 2 is 2.23 bits per heavy atom. The Morgan fingerprint density at radius 3 is 3.00 bits per heavy atom. The summed E-state index contributed by atoms with van der Waals surface area (Å²) in [5.74, 6) is 0. The molecule has 0 aromatic carbocycles. The fourth-order valence-corrected chi connectivity index (χ4v) is 1.15. The van der Waals surface area contributed by atoms with Crippen molar-refractivity contribution in [3.63, 3.8) is 0 Å². The highest BCUT2D eigenvalue weighted by molar-refractivity contribution is 5.75. The number of H-pyrrole nitrogens is 1. The average molecular weight is 177 g/mol. The Bertz CT molecular complexity index is 567. The van der Waals surface area contributed by atoms with Gasteiger partial charge in [0.1, 0.15) is 0 Å². The summed E-state index contributed by atoms with van der Waals surface area (Å²) in [5.41, 5.74) is -0.262. The van der Waals surface area contributed by atoms with Gasteiger partial charge >= 0.3 is 5.69 Å². The number of pyridine rings is 1. The highest BCUT2D eigenvalue weighted by Gasteiger charge is 2.02. The maximum Gasteiger partial charge on any atom is 0.328 e. The number of fused-ring (bicyclic) bond motifs is 1. The van der Waals surface area contributed by atoms with Gasteiger partial charge < -0.3 is 4.98 Å². The second-order valence-electron chi connectivity index (χ2n) is 2.72. The van der Waals surface area contributed by atoms with E-state index in [9.17, 15) is 9.59 Å². The van der Waals surface area contributed by atoms with Crippen molar-refractivity contribution in [2.24, 2.45) is 7.05 Å². The third-order valence-corrected chi connectivity index (χ3v) is 1.90. The number of aromatic nitrogens is 3. The summed E-state index contributed by atoms with van der Waals surface area (Å²) in [6.07, 6.45) is 2.97. The second-order valence-corrected chi connectivity index (χ2v) is 2.72. The van der Waals surface area contributed by atoms with Crippen LogP contribution in [0.1, 0.15) is 0 Å². The molecule has 2 aromatic rings. The molecule has 66 valence electrons. The molecule has 0 spiro atoms. The first-order valence-corrected chi connectivity index (χ1v) is 3.73. The van der Waals surface area contributed by atoms with Crippen molar-refractivity contribution in [3.8, 4) is 0 Å². The fraction of sp³-hybridized carbons (Fsp3) is 0.125. The summed E-state index contributed by atoms with van der Waals surface area (Å²) in [6, 6.07) is 1.58. The highest BCUT2D eigenvalue weighted by Crippen LogP contribution is 1.99. The number of aromatic amines is 1. The normalized spacial score (nSPS) is 10.5. The summed E-state index contributed by atoms with van der Waals surface area (Å²) in [7, 11) is 1.43. The first-order valence-electron chi connectivity index (χ1n) is 3.73. The van der Waals surface area contributed by atoms with Gasteiger partial charge in [-0.3, -0.25) is 14.3 Å². The Kier molecular flexibility index (Phi) is 1.51. The van der Waals surface area contributed by atoms with Crippen LogP contribution >= 0.6 is 0 Å². The molecule has 0 aliphatic heterocycles. The van der Waals surface area contributed by atoms with Crippen LogP contribution in [-0.4, -0.2) is 14.5 Å². The van der Waals surface area contributed by atoms with E-state index >= 15 is 0 Å². The molecule has 5 nitrogen and oxygen atoms in total. The number of nitrogens with one attached hydrogen (secondary N) is 1. The van der Waals surface area contributed by atoms with Crippen molar-refractivity contribution < 1.29 is 0 Å². The zero-order valence-corrected chi connectivity index (χ0v) is 6.94. The maximum atomic E-state index is 11.5. The van der Waals surface area contributed by atoms with Gasteiger partial charge in [-0.15, -0.1) is 0 Å². The van der Waals surface area contributed by atoms with Crippen LogP contribution in [0.15, 0.2) is 28.0 Å². The fourth-order valence-electron chi connectivity index (χ4n) is 1.15. The van der Waals surface area contributed by atoms with Crippen LogP contribution in [0.2, 0.25) is 0 Å². The summed E-state index contributed by atoms with van der Waals surface area (Å²) in [4.78, 5) is 28.9. The summed E-state index contributed by atoms with van der Waals surface area (Å²) in [5, 5.41) is 0.470. The van der Waals surface area contributed by atoms with Crippen molar-refractivity contribution in [2.75, 3.05) is 0 Å². The molecular weight excluding hydrogens is 170 g/mol. The number of nitrogens with zero attached hydrogens (tertiary/aromatic N) is 2. The van der Waals surface area contributed by atoms with E-state index in [1.165, 1.54) is 19.4 Å². The topological polar surface area (TPSA) is 67.8 Å².